The molecular weight excluding hydrogens is 465 g/mol. The summed E-state index contributed by atoms with van der Waals surface area (Å²) < 4.78 is 51.0. The normalized spacial score (nSPS) is 11.9. The van der Waals surface area contributed by atoms with Crippen LogP contribution in [0, 0.1) is 5.82 Å². The van der Waals surface area contributed by atoms with E-state index >= 15 is 0 Å². The van der Waals surface area contributed by atoms with E-state index in [1.807, 2.05) is 4.57 Å². The number of hydrogen-bond donors (Lipinski definition) is 0. The van der Waals surface area contributed by atoms with Crippen LogP contribution < -0.4 is 0 Å². The third kappa shape index (κ3) is 4.82. The molecule has 0 aliphatic carbocycles. The lowest BCUT2D eigenvalue weighted by Crippen LogP contribution is -2.22. The van der Waals surface area contributed by atoms with Crippen molar-refractivity contribution < 1.29 is 26.9 Å². The van der Waals surface area contributed by atoms with Gasteiger partial charge in [-0.1, -0.05) is 5.16 Å². The summed E-state index contributed by atoms with van der Waals surface area (Å²) in [6.45, 7) is -0.193. The summed E-state index contributed by atoms with van der Waals surface area (Å²) in [5.74, 6) is 0.139. The lowest BCUT2D eigenvalue weighted by atomic mass is 10.2. The van der Waals surface area contributed by atoms with Crippen LogP contribution in [0.1, 0.15) is 18.1 Å². The predicted molar refractivity (Wildman–Crippen MR) is 119 cm³/mol. The Hall–Kier alpha value is -3.64. The highest BCUT2D eigenvalue weighted by Gasteiger charge is 2.19. The molecule has 4 rings (SSSR count). The Morgan fingerprint density at radius 2 is 1.88 bits per heavy atom. The molecule has 0 radical (unpaired) electrons. The van der Waals surface area contributed by atoms with Gasteiger partial charge in [0.15, 0.2) is 6.61 Å². The van der Waals surface area contributed by atoms with E-state index in [1.54, 1.807) is 13.1 Å². The number of rotatable bonds is 8. The van der Waals surface area contributed by atoms with Crippen molar-refractivity contribution in [3.8, 4) is 11.4 Å². The van der Waals surface area contributed by atoms with E-state index in [1.165, 1.54) is 50.5 Å². The number of hydrogen-bond acceptors (Lipinski definition) is 8. The average Bonchev–Trinajstić information content (AvgIpc) is 3.41. The van der Waals surface area contributed by atoms with Crippen LogP contribution in [0.5, 0.6) is 0 Å². The van der Waals surface area contributed by atoms with Crippen LogP contribution in [0.25, 0.3) is 22.4 Å². The fourth-order valence-electron chi connectivity index (χ4n) is 3.28. The molecule has 0 N–H and O–H groups in total. The Balaban J connectivity index is 1.37. The lowest BCUT2D eigenvalue weighted by molar-refractivity contribution is -0.145. The number of carbonyl (C=O) groups is 1. The number of halogens is 1. The van der Waals surface area contributed by atoms with E-state index in [4.69, 9.17) is 9.26 Å². The molecule has 34 heavy (non-hydrogen) atoms. The molecule has 2 heterocycles. The van der Waals surface area contributed by atoms with Gasteiger partial charge >= 0.3 is 5.97 Å². The average molecular weight is 488 g/mol. The second-order valence-corrected chi connectivity index (χ2v) is 9.86. The van der Waals surface area contributed by atoms with Crippen molar-refractivity contribution in [1.82, 2.24) is 24.0 Å². The molecule has 12 heteroatoms. The summed E-state index contributed by atoms with van der Waals surface area (Å²) in [4.78, 5) is 21.0. The van der Waals surface area contributed by atoms with Gasteiger partial charge in [-0.05, 0) is 42.5 Å². The topological polar surface area (TPSA) is 120 Å². The quantitative estimate of drug-likeness (QED) is 0.348. The van der Waals surface area contributed by atoms with Crippen LogP contribution in [0.3, 0.4) is 0 Å². The van der Waals surface area contributed by atoms with Gasteiger partial charge in [-0.2, -0.15) is 4.98 Å². The Bertz CT molecular complexity index is 1440. The molecule has 0 fully saturated rings. The minimum Gasteiger partial charge on any atom is -0.456 e. The molecule has 0 atom stereocenters. The molecule has 2 aromatic carbocycles. The largest absolute Gasteiger partial charge is 0.456 e. The predicted octanol–water partition coefficient (Wildman–Crippen LogP) is 2.69. The summed E-state index contributed by atoms with van der Waals surface area (Å²) in [6.07, 6.45) is 0.351. The standard InChI is InChI=1S/C22H22FN5O5S/c1-27(2)34(30,31)16-8-9-18-17(12-16)24-19(28(18)3)10-11-21(29)32-13-20-25-22(26-33-20)14-4-6-15(23)7-5-14/h4-9,12H,10-11,13H2,1-3H3. The maximum Gasteiger partial charge on any atom is 0.306 e. The van der Waals surface area contributed by atoms with Gasteiger partial charge in [-0.25, -0.2) is 22.1 Å². The van der Waals surface area contributed by atoms with Crippen molar-refractivity contribution in [2.75, 3.05) is 14.1 Å². The fraction of sp³-hybridized carbons (Fsp3) is 0.273. The van der Waals surface area contributed by atoms with Crippen LogP contribution in [0.4, 0.5) is 4.39 Å². The number of imidazole rings is 1. The highest BCUT2D eigenvalue weighted by Crippen LogP contribution is 2.22. The Morgan fingerprint density at radius 1 is 1.15 bits per heavy atom. The first-order chi connectivity index (χ1) is 16.1. The molecule has 0 saturated carbocycles. The van der Waals surface area contributed by atoms with Gasteiger partial charge in [0.25, 0.3) is 5.89 Å². The maximum absolute atomic E-state index is 13.0. The minimum absolute atomic E-state index is 0.0545. The molecular formula is C22H22FN5O5S. The Morgan fingerprint density at radius 3 is 2.59 bits per heavy atom. The summed E-state index contributed by atoms with van der Waals surface area (Å²) in [5.41, 5.74) is 1.85. The van der Waals surface area contributed by atoms with E-state index in [0.29, 0.717) is 23.3 Å². The number of sulfonamides is 1. The monoisotopic (exact) mass is 487 g/mol. The van der Waals surface area contributed by atoms with Crippen LogP contribution in [-0.2, 0) is 39.6 Å². The highest BCUT2D eigenvalue weighted by molar-refractivity contribution is 7.89. The number of fused-ring (bicyclic) bond motifs is 1. The number of ether oxygens (including phenoxy) is 1. The van der Waals surface area contributed by atoms with E-state index in [2.05, 4.69) is 15.1 Å². The summed E-state index contributed by atoms with van der Waals surface area (Å²) in [6, 6.07) is 10.3. The van der Waals surface area contributed by atoms with Gasteiger partial charge in [0.1, 0.15) is 11.6 Å². The van der Waals surface area contributed by atoms with E-state index in [0.717, 1.165) is 9.82 Å². The van der Waals surface area contributed by atoms with Gasteiger partial charge < -0.3 is 13.8 Å². The van der Waals surface area contributed by atoms with E-state index in [9.17, 15) is 17.6 Å². The number of esters is 1. The minimum atomic E-state index is -3.58. The molecule has 0 unspecified atom stereocenters. The highest BCUT2D eigenvalue weighted by atomic mass is 32.2. The first kappa shape index (κ1) is 23.5. The van der Waals surface area contributed by atoms with E-state index < -0.39 is 16.0 Å². The second kappa shape index (κ2) is 9.31. The first-order valence-electron chi connectivity index (χ1n) is 10.3. The molecule has 0 bridgehead atoms. The third-order valence-electron chi connectivity index (χ3n) is 5.20. The molecule has 0 aliphatic heterocycles. The smallest absolute Gasteiger partial charge is 0.306 e. The molecule has 0 aliphatic rings. The zero-order valence-corrected chi connectivity index (χ0v) is 19.5. The van der Waals surface area contributed by atoms with Crippen LogP contribution in [-0.4, -0.2) is 52.5 Å². The SMILES string of the molecule is CN(C)S(=O)(=O)c1ccc2c(c1)nc(CCC(=O)OCc1nc(-c3ccc(F)cc3)no1)n2C. The first-order valence-corrected chi connectivity index (χ1v) is 11.7. The van der Waals surface area contributed by atoms with Crippen molar-refractivity contribution in [2.45, 2.75) is 24.3 Å². The lowest BCUT2D eigenvalue weighted by Gasteiger charge is -2.10. The van der Waals surface area contributed by atoms with Crippen molar-refractivity contribution in [3.05, 3.63) is 60.0 Å². The third-order valence-corrected chi connectivity index (χ3v) is 7.01. The van der Waals surface area contributed by atoms with Gasteiger partial charge in [-0.3, -0.25) is 4.79 Å². The van der Waals surface area contributed by atoms with Crippen LogP contribution in [0.2, 0.25) is 0 Å². The zero-order chi connectivity index (χ0) is 24.5. The summed E-state index contributed by atoms with van der Waals surface area (Å²) in [7, 11) is 1.15. The van der Waals surface area contributed by atoms with Crippen LogP contribution >= 0.6 is 0 Å². The number of benzene rings is 2. The molecule has 0 amide bonds. The summed E-state index contributed by atoms with van der Waals surface area (Å²) in [5, 5.41) is 3.80. The number of carbonyl (C=O) groups excluding carboxylic acids is 1. The van der Waals surface area contributed by atoms with Crippen molar-refractivity contribution in [1.29, 1.82) is 0 Å². The second-order valence-electron chi connectivity index (χ2n) is 7.70. The number of aromatic nitrogens is 4. The Labute approximate surface area is 195 Å². The molecule has 0 saturated heterocycles. The van der Waals surface area contributed by atoms with Crippen LogP contribution in [0.15, 0.2) is 51.9 Å². The Kier molecular flexibility index (Phi) is 6.44. The number of aryl methyl sites for hydroxylation is 2. The van der Waals surface area contributed by atoms with Gasteiger partial charge in [0.2, 0.25) is 15.8 Å². The fourth-order valence-corrected chi connectivity index (χ4v) is 4.20. The van der Waals surface area contributed by atoms with Crippen molar-refractivity contribution in [2.24, 2.45) is 7.05 Å². The molecule has 178 valence electrons. The molecule has 10 nitrogen and oxygen atoms in total. The van der Waals surface area contributed by atoms with Crippen molar-refractivity contribution in [3.63, 3.8) is 0 Å². The molecule has 4 aromatic rings. The number of nitrogens with zero attached hydrogens (tertiary/aromatic N) is 5. The van der Waals surface area contributed by atoms with Crippen molar-refractivity contribution >= 4 is 27.0 Å². The summed E-state index contributed by atoms with van der Waals surface area (Å²) >= 11 is 0. The van der Waals surface area contributed by atoms with E-state index in [-0.39, 0.29) is 35.5 Å². The molecule has 2 aromatic heterocycles. The van der Waals surface area contributed by atoms with Gasteiger partial charge in [0, 0.05) is 33.1 Å². The zero-order valence-electron chi connectivity index (χ0n) is 18.7. The van der Waals surface area contributed by atoms with Gasteiger partial charge in [-0.15, -0.1) is 0 Å². The maximum atomic E-state index is 13.0. The van der Waals surface area contributed by atoms with Gasteiger partial charge in [0.05, 0.1) is 22.3 Å². The molecule has 0 spiro atoms.